The molecule has 1 aliphatic heterocycles. The molecule has 0 fully saturated rings. The van der Waals surface area contributed by atoms with Gasteiger partial charge in [0.1, 0.15) is 11.9 Å². The van der Waals surface area contributed by atoms with E-state index in [1.807, 2.05) is 0 Å². The van der Waals surface area contributed by atoms with Gasteiger partial charge in [-0.3, -0.25) is 0 Å². The van der Waals surface area contributed by atoms with Crippen LogP contribution < -0.4 is 4.74 Å². The third-order valence-corrected chi connectivity index (χ3v) is 3.47. The summed E-state index contributed by atoms with van der Waals surface area (Å²) in [6.45, 7) is 6.63. The van der Waals surface area contributed by atoms with Crippen LogP contribution in [0.15, 0.2) is 18.2 Å². The maximum atomic E-state index is 6.09. The Bertz CT molecular complexity index is 356. The van der Waals surface area contributed by atoms with Gasteiger partial charge < -0.3 is 4.74 Å². The van der Waals surface area contributed by atoms with Crippen LogP contribution in [0, 0.1) is 6.92 Å². The first-order chi connectivity index (χ1) is 7.76. The SMILES string of the molecule is CCCC1Oc2cc(C)ccc2C1CCC. The molecule has 0 amide bonds. The number of fused-ring (bicyclic) bond motifs is 1. The monoisotopic (exact) mass is 218 g/mol. The highest BCUT2D eigenvalue weighted by atomic mass is 16.5. The van der Waals surface area contributed by atoms with Crippen molar-refractivity contribution in [1.82, 2.24) is 0 Å². The molecule has 1 heterocycles. The summed E-state index contributed by atoms with van der Waals surface area (Å²) in [6.07, 6.45) is 5.29. The first kappa shape index (κ1) is 11.5. The van der Waals surface area contributed by atoms with Crippen LogP contribution in [0.5, 0.6) is 5.75 Å². The Labute approximate surface area is 98.8 Å². The number of ether oxygens (including phenoxy) is 1. The topological polar surface area (TPSA) is 9.23 Å². The van der Waals surface area contributed by atoms with Gasteiger partial charge in [-0.25, -0.2) is 0 Å². The Morgan fingerprint density at radius 3 is 2.56 bits per heavy atom. The van der Waals surface area contributed by atoms with Crippen LogP contribution in [0.1, 0.15) is 56.6 Å². The molecule has 0 bridgehead atoms. The van der Waals surface area contributed by atoms with Crippen molar-refractivity contribution >= 4 is 0 Å². The van der Waals surface area contributed by atoms with E-state index in [-0.39, 0.29) is 0 Å². The summed E-state index contributed by atoms with van der Waals surface area (Å²) in [4.78, 5) is 0. The molecule has 0 spiro atoms. The zero-order valence-corrected chi connectivity index (χ0v) is 10.6. The molecule has 1 nitrogen and oxygen atoms in total. The minimum atomic E-state index is 0.418. The summed E-state index contributed by atoms with van der Waals surface area (Å²) in [5, 5.41) is 0. The van der Waals surface area contributed by atoms with Crippen molar-refractivity contribution in [3.8, 4) is 5.75 Å². The molecule has 16 heavy (non-hydrogen) atoms. The maximum absolute atomic E-state index is 6.09. The largest absolute Gasteiger partial charge is 0.489 e. The van der Waals surface area contributed by atoms with E-state index >= 15 is 0 Å². The fourth-order valence-corrected chi connectivity index (χ4v) is 2.69. The van der Waals surface area contributed by atoms with Gasteiger partial charge in [-0.15, -0.1) is 0 Å². The van der Waals surface area contributed by atoms with Crippen molar-refractivity contribution in [3.63, 3.8) is 0 Å². The van der Waals surface area contributed by atoms with E-state index in [1.165, 1.54) is 36.8 Å². The minimum Gasteiger partial charge on any atom is -0.489 e. The van der Waals surface area contributed by atoms with Gasteiger partial charge in [-0.05, 0) is 31.4 Å². The van der Waals surface area contributed by atoms with Crippen LogP contribution in [-0.2, 0) is 0 Å². The van der Waals surface area contributed by atoms with Crippen molar-refractivity contribution in [3.05, 3.63) is 29.3 Å². The fourth-order valence-electron chi connectivity index (χ4n) is 2.69. The Morgan fingerprint density at radius 1 is 1.12 bits per heavy atom. The highest BCUT2D eigenvalue weighted by Gasteiger charge is 2.32. The number of hydrogen-bond donors (Lipinski definition) is 0. The third kappa shape index (κ3) is 2.09. The molecule has 0 radical (unpaired) electrons. The van der Waals surface area contributed by atoms with Gasteiger partial charge in [0.2, 0.25) is 0 Å². The first-order valence-corrected chi connectivity index (χ1v) is 6.53. The summed E-state index contributed by atoms with van der Waals surface area (Å²) in [6, 6.07) is 6.66. The van der Waals surface area contributed by atoms with E-state index in [4.69, 9.17) is 4.74 Å². The molecule has 2 unspecified atom stereocenters. The normalized spacial score (nSPS) is 22.9. The lowest BCUT2D eigenvalue weighted by Crippen LogP contribution is -2.18. The second kappa shape index (κ2) is 4.90. The number of hydrogen-bond acceptors (Lipinski definition) is 1. The molecule has 2 rings (SSSR count). The van der Waals surface area contributed by atoms with Gasteiger partial charge in [0.15, 0.2) is 0 Å². The lowest BCUT2D eigenvalue weighted by molar-refractivity contribution is 0.188. The van der Waals surface area contributed by atoms with Crippen LogP contribution in [0.25, 0.3) is 0 Å². The fraction of sp³-hybridized carbons (Fsp3) is 0.600. The molecule has 0 aromatic heterocycles. The first-order valence-electron chi connectivity index (χ1n) is 6.53. The van der Waals surface area contributed by atoms with Gasteiger partial charge in [0, 0.05) is 11.5 Å². The van der Waals surface area contributed by atoms with E-state index in [2.05, 4.69) is 39.0 Å². The van der Waals surface area contributed by atoms with Crippen molar-refractivity contribution < 1.29 is 4.74 Å². The van der Waals surface area contributed by atoms with Crippen LogP contribution in [0.2, 0.25) is 0 Å². The molecule has 1 aliphatic rings. The van der Waals surface area contributed by atoms with Crippen LogP contribution in [0.4, 0.5) is 0 Å². The molecule has 2 atom stereocenters. The molecule has 1 heteroatoms. The minimum absolute atomic E-state index is 0.418. The van der Waals surface area contributed by atoms with E-state index < -0.39 is 0 Å². The van der Waals surface area contributed by atoms with Crippen molar-refractivity contribution in [2.45, 2.75) is 58.5 Å². The summed E-state index contributed by atoms with van der Waals surface area (Å²) in [5.41, 5.74) is 2.73. The van der Waals surface area contributed by atoms with Crippen molar-refractivity contribution in [2.24, 2.45) is 0 Å². The smallest absolute Gasteiger partial charge is 0.123 e. The lowest BCUT2D eigenvalue weighted by Gasteiger charge is -2.17. The zero-order chi connectivity index (χ0) is 11.5. The molecule has 1 aromatic rings. The quantitative estimate of drug-likeness (QED) is 0.726. The van der Waals surface area contributed by atoms with E-state index in [0.717, 1.165) is 5.75 Å². The maximum Gasteiger partial charge on any atom is 0.123 e. The van der Waals surface area contributed by atoms with E-state index in [1.54, 1.807) is 0 Å². The lowest BCUT2D eigenvalue weighted by atomic mass is 9.89. The van der Waals surface area contributed by atoms with E-state index in [0.29, 0.717) is 12.0 Å². The van der Waals surface area contributed by atoms with Crippen molar-refractivity contribution in [2.75, 3.05) is 0 Å². The Balaban J connectivity index is 2.25. The third-order valence-electron chi connectivity index (χ3n) is 3.47. The predicted molar refractivity (Wildman–Crippen MR) is 68.2 cm³/mol. The molecule has 88 valence electrons. The highest BCUT2D eigenvalue weighted by Crippen LogP contribution is 2.42. The zero-order valence-electron chi connectivity index (χ0n) is 10.6. The molecule has 0 aliphatic carbocycles. The second-order valence-corrected chi connectivity index (χ2v) is 4.88. The average molecular weight is 218 g/mol. The summed E-state index contributed by atoms with van der Waals surface area (Å²) in [5.74, 6) is 1.76. The Hall–Kier alpha value is -0.980. The number of rotatable bonds is 4. The number of benzene rings is 1. The molecular formula is C15H22O. The van der Waals surface area contributed by atoms with Gasteiger partial charge >= 0.3 is 0 Å². The molecule has 0 saturated carbocycles. The number of aryl methyl sites for hydroxylation is 1. The predicted octanol–water partition coefficient (Wildman–Crippen LogP) is 4.44. The summed E-state index contributed by atoms with van der Waals surface area (Å²) < 4.78 is 6.09. The second-order valence-electron chi connectivity index (χ2n) is 4.88. The molecule has 0 N–H and O–H groups in total. The summed E-state index contributed by atoms with van der Waals surface area (Å²) in [7, 11) is 0. The highest BCUT2D eigenvalue weighted by molar-refractivity contribution is 5.43. The van der Waals surface area contributed by atoms with E-state index in [9.17, 15) is 0 Å². The molecule has 1 aromatic carbocycles. The van der Waals surface area contributed by atoms with Crippen LogP contribution in [0.3, 0.4) is 0 Å². The van der Waals surface area contributed by atoms with Gasteiger partial charge in [0.05, 0.1) is 0 Å². The average Bonchev–Trinajstić information content (AvgIpc) is 2.57. The Kier molecular flexibility index (Phi) is 3.52. The standard InChI is InChI=1S/C15H22O/c1-4-6-12-13-9-8-11(3)10-15(13)16-14(12)7-5-2/h8-10,12,14H,4-7H2,1-3H3. The van der Waals surface area contributed by atoms with Crippen molar-refractivity contribution in [1.29, 1.82) is 0 Å². The van der Waals surface area contributed by atoms with Gasteiger partial charge in [0.25, 0.3) is 0 Å². The van der Waals surface area contributed by atoms with Gasteiger partial charge in [-0.1, -0.05) is 38.8 Å². The van der Waals surface area contributed by atoms with Crippen LogP contribution in [-0.4, -0.2) is 6.10 Å². The molecule has 0 saturated heterocycles. The Morgan fingerprint density at radius 2 is 1.88 bits per heavy atom. The summed E-state index contributed by atoms with van der Waals surface area (Å²) >= 11 is 0. The van der Waals surface area contributed by atoms with Gasteiger partial charge in [-0.2, -0.15) is 0 Å². The molecular weight excluding hydrogens is 196 g/mol. The van der Waals surface area contributed by atoms with Crippen LogP contribution >= 0.6 is 0 Å².